The van der Waals surface area contributed by atoms with E-state index in [1.807, 2.05) is 0 Å². The summed E-state index contributed by atoms with van der Waals surface area (Å²) < 4.78 is 0. The van der Waals surface area contributed by atoms with E-state index in [1.165, 1.54) is 6.42 Å². The molecule has 0 spiro atoms. The SMILES string of the molecule is CC1C=NCCCNC1C. The molecular formula is C8H16N2. The molecule has 10 heavy (non-hydrogen) atoms. The van der Waals surface area contributed by atoms with Gasteiger partial charge in [-0.2, -0.15) is 0 Å². The first-order valence-corrected chi connectivity index (χ1v) is 4.04. The second kappa shape index (κ2) is 3.71. The van der Waals surface area contributed by atoms with E-state index < -0.39 is 0 Å². The van der Waals surface area contributed by atoms with Gasteiger partial charge in [0.25, 0.3) is 0 Å². The van der Waals surface area contributed by atoms with Gasteiger partial charge < -0.3 is 5.32 Å². The van der Waals surface area contributed by atoms with Crippen LogP contribution in [-0.2, 0) is 0 Å². The van der Waals surface area contributed by atoms with Gasteiger partial charge in [0.2, 0.25) is 0 Å². The molecule has 2 unspecified atom stereocenters. The quantitative estimate of drug-likeness (QED) is 0.535. The molecule has 1 N–H and O–H groups in total. The van der Waals surface area contributed by atoms with Gasteiger partial charge in [0, 0.05) is 24.7 Å². The Kier molecular flexibility index (Phi) is 2.87. The maximum Gasteiger partial charge on any atom is 0.0397 e. The van der Waals surface area contributed by atoms with Crippen LogP contribution in [0.3, 0.4) is 0 Å². The molecule has 0 aromatic rings. The molecular weight excluding hydrogens is 124 g/mol. The van der Waals surface area contributed by atoms with Crippen LogP contribution in [0.4, 0.5) is 0 Å². The van der Waals surface area contributed by atoms with Crippen molar-refractivity contribution in [2.75, 3.05) is 13.1 Å². The Bertz CT molecular complexity index is 120. The monoisotopic (exact) mass is 140 g/mol. The van der Waals surface area contributed by atoms with Gasteiger partial charge in [-0.25, -0.2) is 0 Å². The first-order valence-electron chi connectivity index (χ1n) is 4.04. The van der Waals surface area contributed by atoms with Crippen LogP contribution in [0.5, 0.6) is 0 Å². The van der Waals surface area contributed by atoms with Crippen molar-refractivity contribution in [2.24, 2.45) is 10.9 Å². The fourth-order valence-electron chi connectivity index (χ4n) is 1.06. The van der Waals surface area contributed by atoms with Gasteiger partial charge in [-0.1, -0.05) is 6.92 Å². The third-order valence-electron chi connectivity index (χ3n) is 2.06. The van der Waals surface area contributed by atoms with E-state index in [1.54, 1.807) is 0 Å². The van der Waals surface area contributed by atoms with Crippen molar-refractivity contribution in [3.8, 4) is 0 Å². The van der Waals surface area contributed by atoms with Crippen molar-refractivity contribution >= 4 is 6.21 Å². The van der Waals surface area contributed by atoms with Crippen molar-refractivity contribution in [1.82, 2.24) is 5.32 Å². The Balaban J connectivity index is 2.44. The maximum atomic E-state index is 4.30. The van der Waals surface area contributed by atoms with E-state index >= 15 is 0 Å². The van der Waals surface area contributed by atoms with Gasteiger partial charge in [0.1, 0.15) is 0 Å². The predicted molar refractivity (Wildman–Crippen MR) is 44.6 cm³/mol. The zero-order chi connectivity index (χ0) is 7.40. The molecule has 1 rings (SSSR count). The van der Waals surface area contributed by atoms with E-state index in [2.05, 4.69) is 30.4 Å². The first kappa shape index (κ1) is 7.73. The van der Waals surface area contributed by atoms with Crippen LogP contribution in [0.2, 0.25) is 0 Å². The fraction of sp³-hybridized carbons (Fsp3) is 0.875. The van der Waals surface area contributed by atoms with Crippen LogP contribution in [0.15, 0.2) is 4.99 Å². The summed E-state index contributed by atoms with van der Waals surface area (Å²) >= 11 is 0. The Morgan fingerprint density at radius 1 is 1.50 bits per heavy atom. The molecule has 0 bridgehead atoms. The lowest BCUT2D eigenvalue weighted by Gasteiger charge is -2.19. The molecule has 0 saturated carbocycles. The van der Waals surface area contributed by atoms with Gasteiger partial charge >= 0.3 is 0 Å². The number of nitrogens with one attached hydrogen (secondary N) is 1. The van der Waals surface area contributed by atoms with Crippen molar-refractivity contribution in [3.05, 3.63) is 0 Å². The molecule has 0 aromatic heterocycles. The molecule has 0 fully saturated rings. The number of aliphatic imine (C=N–C) groups is 1. The molecule has 0 saturated heterocycles. The highest BCUT2D eigenvalue weighted by Crippen LogP contribution is 2.01. The minimum Gasteiger partial charge on any atom is -0.314 e. The van der Waals surface area contributed by atoms with Gasteiger partial charge in [-0.3, -0.25) is 4.99 Å². The average molecular weight is 140 g/mol. The largest absolute Gasteiger partial charge is 0.314 e. The zero-order valence-electron chi connectivity index (χ0n) is 6.80. The second-order valence-corrected chi connectivity index (χ2v) is 3.01. The molecule has 0 radical (unpaired) electrons. The van der Waals surface area contributed by atoms with Crippen molar-refractivity contribution in [1.29, 1.82) is 0 Å². The van der Waals surface area contributed by atoms with Gasteiger partial charge in [0.15, 0.2) is 0 Å². The number of nitrogens with zero attached hydrogens (tertiary/aromatic N) is 1. The van der Waals surface area contributed by atoms with E-state index in [0.29, 0.717) is 12.0 Å². The Morgan fingerprint density at radius 3 is 3.10 bits per heavy atom. The highest BCUT2D eigenvalue weighted by atomic mass is 14.9. The molecule has 0 aliphatic carbocycles. The number of rotatable bonds is 0. The Morgan fingerprint density at radius 2 is 2.30 bits per heavy atom. The lowest BCUT2D eigenvalue weighted by atomic mass is 10.0. The molecule has 1 heterocycles. The first-order chi connectivity index (χ1) is 4.80. The Hall–Kier alpha value is -0.370. The van der Waals surface area contributed by atoms with Crippen LogP contribution in [0.1, 0.15) is 20.3 Å². The summed E-state index contributed by atoms with van der Waals surface area (Å²) in [6.45, 7) is 6.52. The zero-order valence-corrected chi connectivity index (χ0v) is 6.80. The van der Waals surface area contributed by atoms with Crippen LogP contribution in [0.25, 0.3) is 0 Å². The summed E-state index contributed by atoms with van der Waals surface area (Å²) in [7, 11) is 0. The van der Waals surface area contributed by atoms with Crippen LogP contribution in [0, 0.1) is 5.92 Å². The summed E-state index contributed by atoms with van der Waals surface area (Å²) in [5, 5.41) is 3.44. The summed E-state index contributed by atoms with van der Waals surface area (Å²) in [4.78, 5) is 4.30. The average Bonchev–Trinajstić information content (AvgIpc) is 1.92. The smallest absolute Gasteiger partial charge is 0.0397 e. The second-order valence-electron chi connectivity index (χ2n) is 3.01. The normalized spacial score (nSPS) is 35.0. The van der Waals surface area contributed by atoms with E-state index in [-0.39, 0.29) is 0 Å². The fourth-order valence-corrected chi connectivity index (χ4v) is 1.06. The van der Waals surface area contributed by atoms with Crippen LogP contribution in [-0.4, -0.2) is 25.3 Å². The van der Waals surface area contributed by atoms with Crippen molar-refractivity contribution in [2.45, 2.75) is 26.3 Å². The van der Waals surface area contributed by atoms with Gasteiger partial charge in [0.05, 0.1) is 0 Å². The van der Waals surface area contributed by atoms with Crippen LogP contribution < -0.4 is 5.32 Å². The minimum absolute atomic E-state index is 0.584. The van der Waals surface area contributed by atoms with Crippen molar-refractivity contribution in [3.63, 3.8) is 0 Å². The Labute approximate surface area is 62.7 Å². The van der Waals surface area contributed by atoms with Crippen LogP contribution >= 0.6 is 0 Å². The topological polar surface area (TPSA) is 24.4 Å². The van der Waals surface area contributed by atoms with E-state index in [9.17, 15) is 0 Å². The number of hydrogen-bond acceptors (Lipinski definition) is 2. The van der Waals surface area contributed by atoms with E-state index in [0.717, 1.165) is 13.1 Å². The maximum absolute atomic E-state index is 4.30. The highest BCUT2D eigenvalue weighted by Gasteiger charge is 2.09. The molecule has 58 valence electrons. The number of hydrogen-bond donors (Lipinski definition) is 1. The summed E-state index contributed by atoms with van der Waals surface area (Å²) in [5.74, 6) is 0.584. The molecule has 2 atom stereocenters. The standard InChI is InChI=1S/C8H16N2/c1-7-6-9-4-3-5-10-8(7)2/h6-8,10H,3-5H2,1-2H3. The van der Waals surface area contributed by atoms with Gasteiger partial charge in [-0.05, 0) is 19.9 Å². The minimum atomic E-state index is 0.584. The van der Waals surface area contributed by atoms with E-state index in [4.69, 9.17) is 0 Å². The molecule has 2 nitrogen and oxygen atoms in total. The molecule has 0 aromatic carbocycles. The lowest BCUT2D eigenvalue weighted by molar-refractivity contribution is 0.470. The molecule has 2 heteroatoms. The summed E-state index contributed by atoms with van der Waals surface area (Å²) in [6, 6.07) is 0.587. The summed E-state index contributed by atoms with van der Waals surface area (Å²) in [6.07, 6.45) is 3.24. The summed E-state index contributed by atoms with van der Waals surface area (Å²) in [5.41, 5.74) is 0. The predicted octanol–water partition coefficient (Wildman–Crippen LogP) is 1.08. The third kappa shape index (κ3) is 2.10. The molecule has 1 aliphatic heterocycles. The molecule has 0 amide bonds. The lowest BCUT2D eigenvalue weighted by Crippen LogP contribution is -2.35. The molecule has 1 aliphatic rings. The third-order valence-corrected chi connectivity index (χ3v) is 2.06. The highest BCUT2D eigenvalue weighted by molar-refractivity contribution is 5.61. The van der Waals surface area contributed by atoms with Crippen molar-refractivity contribution < 1.29 is 0 Å². The van der Waals surface area contributed by atoms with Gasteiger partial charge in [-0.15, -0.1) is 0 Å².